The third-order valence-corrected chi connectivity index (χ3v) is 5.22. The van der Waals surface area contributed by atoms with Crippen LogP contribution in [-0.2, 0) is 11.8 Å². The van der Waals surface area contributed by atoms with Gasteiger partial charge < -0.3 is 9.88 Å². The Morgan fingerprint density at radius 1 is 1.35 bits per heavy atom. The van der Waals surface area contributed by atoms with E-state index in [1.165, 1.54) is 0 Å². The molecule has 1 N–H and O–H groups in total. The Bertz CT molecular complexity index is 937. The predicted molar refractivity (Wildman–Crippen MR) is 106 cm³/mol. The van der Waals surface area contributed by atoms with Gasteiger partial charge in [-0.05, 0) is 42.8 Å². The number of aliphatic imine (C=N–C) groups is 1. The molecule has 0 radical (unpaired) electrons. The van der Waals surface area contributed by atoms with Gasteiger partial charge in [0.1, 0.15) is 5.84 Å². The van der Waals surface area contributed by atoms with Gasteiger partial charge in [-0.15, -0.1) is 0 Å². The fraction of sp³-hybridized carbons (Fsp3) is 0.476. The maximum atomic E-state index is 12.1. The predicted octanol–water partition coefficient (Wildman–Crippen LogP) is 3.39. The maximum Gasteiger partial charge on any atom is 0.251 e. The summed E-state index contributed by atoms with van der Waals surface area (Å²) in [5.41, 5.74) is 1.75. The highest BCUT2D eigenvalue weighted by molar-refractivity contribution is 5.86. The molecule has 0 spiro atoms. The molecule has 3 rings (SSSR count). The van der Waals surface area contributed by atoms with Gasteiger partial charge >= 0.3 is 0 Å². The lowest BCUT2D eigenvalue weighted by Gasteiger charge is -2.27. The lowest BCUT2D eigenvalue weighted by molar-refractivity contribution is 0.437. The van der Waals surface area contributed by atoms with Crippen molar-refractivity contribution in [2.45, 2.75) is 45.4 Å². The number of nitrogens with zero attached hydrogens (tertiary/aromatic N) is 3. The number of nitriles is 1. The van der Waals surface area contributed by atoms with Crippen molar-refractivity contribution in [2.75, 3.05) is 19.6 Å². The number of rotatable bonds is 6. The monoisotopic (exact) mass is 350 g/mol. The zero-order valence-corrected chi connectivity index (χ0v) is 15.8. The Morgan fingerprint density at radius 2 is 2.15 bits per heavy atom. The van der Waals surface area contributed by atoms with E-state index in [9.17, 15) is 10.1 Å². The molecular weight excluding hydrogens is 324 g/mol. The number of benzene rings is 1. The molecule has 1 unspecified atom stereocenters. The van der Waals surface area contributed by atoms with E-state index in [2.05, 4.69) is 27.9 Å². The highest BCUT2D eigenvalue weighted by Crippen LogP contribution is 2.31. The molecule has 1 aliphatic heterocycles. The highest BCUT2D eigenvalue weighted by atomic mass is 16.1. The molecule has 5 heteroatoms. The van der Waals surface area contributed by atoms with E-state index >= 15 is 0 Å². The Hall–Kier alpha value is -2.61. The van der Waals surface area contributed by atoms with Crippen molar-refractivity contribution < 1.29 is 0 Å². The fourth-order valence-corrected chi connectivity index (χ4v) is 3.58. The van der Waals surface area contributed by atoms with E-state index in [1.54, 1.807) is 0 Å². The molecule has 0 amide bonds. The molecule has 0 saturated carbocycles. The van der Waals surface area contributed by atoms with Gasteiger partial charge in [-0.1, -0.05) is 26.0 Å². The third kappa shape index (κ3) is 3.37. The number of amidine groups is 1. The van der Waals surface area contributed by atoms with Crippen molar-refractivity contribution in [1.29, 1.82) is 5.26 Å². The van der Waals surface area contributed by atoms with Gasteiger partial charge in [0.2, 0.25) is 0 Å². The second-order valence-corrected chi connectivity index (χ2v) is 7.18. The summed E-state index contributed by atoms with van der Waals surface area (Å²) in [6.45, 7) is 8.81. The second kappa shape index (κ2) is 7.33. The fourth-order valence-electron chi connectivity index (χ4n) is 3.58. The van der Waals surface area contributed by atoms with Crippen LogP contribution in [-0.4, -0.2) is 35.4 Å². The minimum Gasteiger partial charge on any atom is -0.358 e. The van der Waals surface area contributed by atoms with E-state index in [1.807, 2.05) is 38.1 Å². The number of aromatic nitrogens is 1. The largest absolute Gasteiger partial charge is 0.358 e. The number of H-pyrrole nitrogens is 1. The van der Waals surface area contributed by atoms with Crippen molar-refractivity contribution in [1.82, 2.24) is 9.88 Å². The molecule has 1 atom stereocenters. The van der Waals surface area contributed by atoms with Gasteiger partial charge in [-0.25, -0.2) is 0 Å². The Morgan fingerprint density at radius 3 is 2.85 bits per heavy atom. The highest BCUT2D eigenvalue weighted by Gasteiger charge is 2.32. The average molecular weight is 350 g/mol. The van der Waals surface area contributed by atoms with Crippen LogP contribution in [0.1, 0.15) is 44.7 Å². The molecule has 26 heavy (non-hydrogen) atoms. The van der Waals surface area contributed by atoms with Crippen LogP contribution in [0.25, 0.3) is 10.9 Å². The Kier molecular flexibility index (Phi) is 5.13. The third-order valence-electron chi connectivity index (χ3n) is 5.22. The van der Waals surface area contributed by atoms with Crippen LogP contribution in [0.5, 0.6) is 0 Å². The van der Waals surface area contributed by atoms with Crippen LogP contribution in [0, 0.1) is 11.3 Å². The lowest BCUT2D eigenvalue weighted by Crippen LogP contribution is -2.34. The second-order valence-electron chi connectivity index (χ2n) is 7.18. The van der Waals surface area contributed by atoms with E-state index < -0.39 is 5.41 Å². The van der Waals surface area contributed by atoms with Gasteiger partial charge in [0.05, 0.1) is 18.0 Å². The number of hydrogen-bond donors (Lipinski definition) is 1. The van der Waals surface area contributed by atoms with Gasteiger partial charge in [-0.3, -0.25) is 9.79 Å². The number of aryl methyl sites for hydroxylation is 1. The smallest absolute Gasteiger partial charge is 0.251 e. The summed E-state index contributed by atoms with van der Waals surface area (Å²) in [6.07, 6.45) is 2.36. The zero-order chi connectivity index (χ0) is 18.7. The minimum atomic E-state index is -0.677. The van der Waals surface area contributed by atoms with E-state index in [-0.39, 0.29) is 5.56 Å². The van der Waals surface area contributed by atoms with Crippen LogP contribution in [0.3, 0.4) is 0 Å². The van der Waals surface area contributed by atoms with Gasteiger partial charge in [0.15, 0.2) is 0 Å². The van der Waals surface area contributed by atoms with Gasteiger partial charge in [0.25, 0.3) is 5.56 Å². The summed E-state index contributed by atoms with van der Waals surface area (Å²) in [4.78, 5) is 22.0. The number of pyridine rings is 1. The van der Waals surface area contributed by atoms with Crippen LogP contribution >= 0.6 is 0 Å². The molecule has 1 aliphatic rings. The number of nitrogens with one attached hydrogen (secondary N) is 1. The topological polar surface area (TPSA) is 72.2 Å². The summed E-state index contributed by atoms with van der Waals surface area (Å²) in [5.74, 6) is 1.02. The zero-order valence-electron chi connectivity index (χ0n) is 15.8. The average Bonchev–Trinajstić information content (AvgIpc) is 3.07. The Balaban J connectivity index is 1.96. The molecule has 5 nitrogen and oxygen atoms in total. The molecule has 0 saturated heterocycles. The summed E-state index contributed by atoms with van der Waals surface area (Å²) in [6, 6.07) is 10.4. The summed E-state index contributed by atoms with van der Waals surface area (Å²) >= 11 is 0. The first kappa shape index (κ1) is 18.2. The molecule has 136 valence electrons. The minimum absolute atomic E-state index is 0.0508. The first-order chi connectivity index (χ1) is 12.5. The van der Waals surface area contributed by atoms with Gasteiger partial charge in [0, 0.05) is 30.6 Å². The van der Waals surface area contributed by atoms with E-state index in [0.717, 1.165) is 53.9 Å². The molecule has 1 aromatic heterocycles. The number of fused-ring (bicyclic) bond motifs is 1. The van der Waals surface area contributed by atoms with Crippen LogP contribution in [0.2, 0.25) is 0 Å². The van der Waals surface area contributed by atoms with Crippen LogP contribution in [0.15, 0.2) is 34.1 Å². The van der Waals surface area contributed by atoms with E-state index in [0.29, 0.717) is 12.8 Å². The van der Waals surface area contributed by atoms with Crippen molar-refractivity contribution in [3.05, 3.63) is 45.7 Å². The summed E-state index contributed by atoms with van der Waals surface area (Å²) < 4.78 is 0. The molecule has 2 aromatic rings. The lowest BCUT2D eigenvalue weighted by atomic mass is 9.80. The van der Waals surface area contributed by atoms with Crippen molar-refractivity contribution in [3.8, 4) is 6.07 Å². The molecule has 1 aromatic carbocycles. The quantitative estimate of drug-likeness (QED) is 0.868. The molecule has 0 bridgehead atoms. The van der Waals surface area contributed by atoms with Crippen molar-refractivity contribution in [3.63, 3.8) is 0 Å². The van der Waals surface area contributed by atoms with Crippen LogP contribution in [0.4, 0.5) is 0 Å². The molecule has 0 aliphatic carbocycles. The molecular formula is C21H26N4O. The van der Waals surface area contributed by atoms with Crippen molar-refractivity contribution in [2.24, 2.45) is 4.99 Å². The SMILES string of the molecule is CCCN1CCN=C1CC(C)(C#N)c1ccc2cc(CC)c(=O)[nH]c2c1. The first-order valence-electron chi connectivity index (χ1n) is 9.36. The van der Waals surface area contributed by atoms with Crippen molar-refractivity contribution >= 4 is 16.7 Å². The molecule has 0 fully saturated rings. The summed E-state index contributed by atoms with van der Waals surface area (Å²) in [7, 11) is 0. The first-order valence-corrected chi connectivity index (χ1v) is 9.36. The summed E-state index contributed by atoms with van der Waals surface area (Å²) in [5, 5.41) is 10.9. The van der Waals surface area contributed by atoms with Crippen LogP contribution < -0.4 is 5.56 Å². The standard InChI is InChI=1S/C21H26N4O/c1-4-9-25-10-8-23-19(25)13-21(3,14-22)17-7-6-16-11-15(5-2)20(26)24-18(16)12-17/h6-7,11-12H,4-5,8-10,13H2,1-3H3,(H,24,26). The van der Waals surface area contributed by atoms with E-state index in [4.69, 9.17) is 0 Å². The van der Waals surface area contributed by atoms with Gasteiger partial charge in [-0.2, -0.15) is 5.26 Å². The maximum absolute atomic E-state index is 12.1. The normalized spacial score (nSPS) is 16.4. The number of aromatic amines is 1. The Labute approximate surface area is 154 Å². The number of hydrogen-bond acceptors (Lipinski definition) is 4. The molecule has 2 heterocycles.